The zero-order valence-corrected chi connectivity index (χ0v) is 36.2. The summed E-state index contributed by atoms with van der Waals surface area (Å²) in [5.41, 5.74) is 14.3. The molecule has 0 fully saturated rings. The molecule has 1 aliphatic rings. The van der Waals surface area contributed by atoms with Gasteiger partial charge in [0.25, 0.3) is 0 Å². The Kier molecular flexibility index (Phi) is 8.75. The molecule has 0 radical (unpaired) electrons. The van der Waals surface area contributed by atoms with Gasteiger partial charge in [0.05, 0.1) is 16.7 Å². The van der Waals surface area contributed by atoms with Crippen LogP contribution in [0.1, 0.15) is 16.7 Å². The van der Waals surface area contributed by atoms with Gasteiger partial charge in [-0.25, -0.2) is 0 Å². The summed E-state index contributed by atoms with van der Waals surface area (Å²) in [6, 6.07) is 95.8. The topological polar surface area (TPSA) is 11.4 Å². The first kappa shape index (κ1) is 37.9. The summed E-state index contributed by atoms with van der Waals surface area (Å²) in [6.07, 6.45) is 0. The number of aromatic nitrogens is 1. The van der Waals surface area contributed by atoms with Gasteiger partial charge in [-0.1, -0.05) is 188 Å². The normalized spacial score (nSPS) is 14.1. The number of hydrogen-bond donors (Lipinski definition) is 0. The molecule has 0 amide bonds. The van der Waals surface area contributed by atoms with E-state index in [2.05, 4.69) is 275 Å². The Bertz CT molecular complexity index is 3780. The van der Waals surface area contributed by atoms with Crippen molar-refractivity contribution in [1.29, 1.82) is 0 Å². The van der Waals surface area contributed by atoms with Crippen molar-refractivity contribution in [2.75, 3.05) is 9.80 Å². The Morgan fingerprint density at radius 1 is 0.303 bits per heavy atom. The monoisotopic (exact) mass is 841 g/mol. The second kappa shape index (κ2) is 15.3. The van der Waals surface area contributed by atoms with Crippen molar-refractivity contribution in [2.45, 2.75) is 5.54 Å². The summed E-state index contributed by atoms with van der Waals surface area (Å²) in [5, 5.41) is 7.31. The summed E-state index contributed by atoms with van der Waals surface area (Å²) in [4.78, 5) is 5.03. The molecule has 66 heavy (non-hydrogen) atoms. The molecule has 1 atom stereocenters. The number of benzene rings is 11. The van der Waals surface area contributed by atoms with Crippen molar-refractivity contribution < 1.29 is 0 Å². The van der Waals surface area contributed by atoms with E-state index in [1.54, 1.807) is 0 Å². The van der Waals surface area contributed by atoms with Gasteiger partial charge >= 0.3 is 0 Å². The minimum Gasteiger partial charge on any atom is -0.323 e. The molecule has 1 aromatic heterocycles. The number of para-hydroxylation sites is 3. The van der Waals surface area contributed by atoms with Crippen LogP contribution in [0.3, 0.4) is 0 Å². The Labute approximate surface area is 384 Å². The van der Waals surface area contributed by atoms with E-state index in [4.69, 9.17) is 0 Å². The first-order valence-corrected chi connectivity index (χ1v) is 22.8. The summed E-state index contributed by atoms with van der Waals surface area (Å²) in [7, 11) is 0. The fourth-order valence-corrected chi connectivity index (χ4v) is 11.0. The van der Waals surface area contributed by atoms with E-state index in [-0.39, 0.29) is 0 Å². The van der Waals surface area contributed by atoms with Gasteiger partial charge in [0.2, 0.25) is 0 Å². The fraction of sp³-hybridized carbons (Fsp3) is 0.0159. The molecule has 0 aliphatic heterocycles. The number of rotatable bonds is 8. The molecule has 0 spiro atoms. The van der Waals surface area contributed by atoms with Crippen molar-refractivity contribution in [1.82, 2.24) is 4.57 Å². The summed E-state index contributed by atoms with van der Waals surface area (Å²) >= 11 is 0. The van der Waals surface area contributed by atoms with Gasteiger partial charge < -0.3 is 14.4 Å². The van der Waals surface area contributed by atoms with Crippen molar-refractivity contribution >= 4 is 71.8 Å². The number of fused-ring (bicyclic) bond motifs is 8. The third kappa shape index (κ3) is 5.77. The number of anilines is 5. The summed E-state index contributed by atoms with van der Waals surface area (Å²) in [5.74, 6) is 0. The molecule has 13 rings (SSSR count). The summed E-state index contributed by atoms with van der Waals surface area (Å²) in [6.45, 7) is 0. The van der Waals surface area contributed by atoms with Crippen LogP contribution < -0.4 is 9.80 Å². The Balaban J connectivity index is 1.09. The van der Waals surface area contributed by atoms with Gasteiger partial charge in [0.1, 0.15) is 5.54 Å². The smallest absolute Gasteiger partial charge is 0.122 e. The highest BCUT2D eigenvalue weighted by Crippen LogP contribution is 2.59. The van der Waals surface area contributed by atoms with E-state index < -0.39 is 5.54 Å². The van der Waals surface area contributed by atoms with E-state index in [1.807, 2.05) is 0 Å². The molecule has 0 bridgehead atoms. The average Bonchev–Trinajstić information content (AvgIpc) is 3.87. The van der Waals surface area contributed by atoms with E-state index in [0.29, 0.717) is 0 Å². The van der Waals surface area contributed by atoms with Crippen molar-refractivity contribution in [2.24, 2.45) is 0 Å². The van der Waals surface area contributed by atoms with Crippen LogP contribution in [0.25, 0.3) is 60.2 Å². The second-order valence-electron chi connectivity index (χ2n) is 17.3. The highest BCUT2D eigenvalue weighted by atomic mass is 15.2. The first-order valence-electron chi connectivity index (χ1n) is 22.8. The van der Waals surface area contributed by atoms with Crippen LogP contribution in [-0.2, 0) is 5.54 Å². The zero-order valence-electron chi connectivity index (χ0n) is 36.2. The summed E-state index contributed by atoms with van der Waals surface area (Å²) < 4.78 is 2.46. The molecule has 11 aromatic carbocycles. The van der Waals surface area contributed by atoms with E-state index >= 15 is 0 Å². The van der Waals surface area contributed by atoms with Crippen LogP contribution in [0.5, 0.6) is 0 Å². The Hall–Kier alpha value is -8.66. The molecule has 310 valence electrons. The van der Waals surface area contributed by atoms with E-state index in [0.717, 1.165) is 34.0 Å². The maximum atomic E-state index is 2.59. The van der Waals surface area contributed by atoms with Crippen LogP contribution in [0.4, 0.5) is 28.4 Å². The van der Waals surface area contributed by atoms with E-state index in [1.165, 1.54) is 71.3 Å². The number of hydrogen-bond acceptors (Lipinski definition) is 2. The van der Waals surface area contributed by atoms with Crippen LogP contribution in [0.15, 0.2) is 261 Å². The molecule has 12 aromatic rings. The minimum absolute atomic E-state index is 0.764. The Morgan fingerprint density at radius 2 is 0.879 bits per heavy atom. The van der Waals surface area contributed by atoms with Gasteiger partial charge in [0, 0.05) is 44.6 Å². The molecule has 0 saturated heterocycles. The van der Waals surface area contributed by atoms with Gasteiger partial charge in [-0.05, 0) is 117 Å². The molecule has 3 nitrogen and oxygen atoms in total. The highest BCUT2D eigenvalue weighted by Gasteiger charge is 2.50. The predicted molar refractivity (Wildman–Crippen MR) is 277 cm³/mol. The zero-order chi connectivity index (χ0) is 43.6. The lowest BCUT2D eigenvalue weighted by Gasteiger charge is -2.45. The van der Waals surface area contributed by atoms with Crippen LogP contribution >= 0.6 is 0 Å². The molecular weight excluding hydrogens is 799 g/mol. The standard InChI is InChI=1S/C63H43N3/c1-4-23-47(24-5-1)63(66(49-27-8-3-9-28-49)52-36-35-44-19-10-11-21-46(44)41-52)58-32-16-14-30-54(58)55-39-37-50(42-59(55)63)64(48-25-6-2-7-26-48)51-38-40-57-56-31-15-17-33-61(56)65(62(57)43-51)60-34-18-22-45-20-12-13-29-53(45)60/h1-43H. The van der Waals surface area contributed by atoms with Crippen molar-refractivity contribution in [3.05, 3.63) is 278 Å². The van der Waals surface area contributed by atoms with Crippen LogP contribution in [-0.4, -0.2) is 4.57 Å². The number of nitrogens with zero attached hydrogens (tertiary/aromatic N) is 3. The lowest BCUT2D eigenvalue weighted by atomic mass is 9.78. The molecule has 1 aliphatic carbocycles. The van der Waals surface area contributed by atoms with Gasteiger partial charge in [-0.15, -0.1) is 0 Å². The SMILES string of the molecule is c1ccc(N(c2ccc3c(c2)C(c2ccccc2)(N(c2ccccc2)c2ccc4ccccc4c2)c2ccccc2-3)c2ccc3c4ccccc4n(-c4cccc5ccccc45)c3c2)cc1. The van der Waals surface area contributed by atoms with E-state index in [9.17, 15) is 0 Å². The third-order valence-electron chi connectivity index (χ3n) is 13.7. The van der Waals surface area contributed by atoms with Crippen LogP contribution in [0.2, 0.25) is 0 Å². The van der Waals surface area contributed by atoms with Gasteiger partial charge in [-0.3, -0.25) is 0 Å². The average molecular weight is 842 g/mol. The predicted octanol–water partition coefficient (Wildman–Crippen LogP) is 16.7. The largest absolute Gasteiger partial charge is 0.323 e. The molecule has 1 unspecified atom stereocenters. The molecular formula is C63H43N3. The maximum Gasteiger partial charge on any atom is 0.122 e. The molecule has 0 saturated carbocycles. The fourth-order valence-electron chi connectivity index (χ4n) is 11.0. The first-order chi connectivity index (χ1) is 32.8. The van der Waals surface area contributed by atoms with Crippen molar-refractivity contribution in [3.8, 4) is 16.8 Å². The molecule has 0 N–H and O–H groups in total. The third-order valence-corrected chi connectivity index (χ3v) is 13.7. The van der Waals surface area contributed by atoms with Gasteiger partial charge in [0.15, 0.2) is 0 Å². The minimum atomic E-state index is -0.764. The molecule has 3 heteroatoms. The maximum absolute atomic E-state index is 2.59. The molecule has 1 heterocycles. The quantitative estimate of drug-likeness (QED) is 0.151. The van der Waals surface area contributed by atoms with Gasteiger partial charge in [-0.2, -0.15) is 0 Å². The Morgan fingerprint density at radius 3 is 1.70 bits per heavy atom. The second-order valence-corrected chi connectivity index (χ2v) is 17.3. The highest BCUT2D eigenvalue weighted by molar-refractivity contribution is 6.12. The van der Waals surface area contributed by atoms with Crippen LogP contribution in [0, 0.1) is 0 Å². The lowest BCUT2D eigenvalue weighted by Crippen LogP contribution is -2.44. The van der Waals surface area contributed by atoms with Crippen molar-refractivity contribution in [3.63, 3.8) is 0 Å². The lowest BCUT2D eigenvalue weighted by molar-refractivity contribution is 0.644.